The van der Waals surface area contributed by atoms with Gasteiger partial charge < -0.3 is 14.4 Å². The maximum Gasteiger partial charge on any atom is 0.320 e. The maximum absolute atomic E-state index is 14.5. The number of hydrogen-bond donors (Lipinski definition) is 0. The molecule has 0 aliphatic carbocycles. The van der Waals surface area contributed by atoms with Gasteiger partial charge in [0, 0.05) is 42.0 Å². The van der Waals surface area contributed by atoms with Crippen molar-refractivity contribution < 1.29 is 19.1 Å². The Labute approximate surface area is 328 Å². The van der Waals surface area contributed by atoms with E-state index in [1.165, 1.54) is 0 Å². The van der Waals surface area contributed by atoms with Crippen LogP contribution in [0.3, 0.4) is 0 Å². The molecule has 286 valence electrons. The number of benzene rings is 4. The first-order valence-electron chi connectivity index (χ1n) is 19.6. The van der Waals surface area contributed by atoms with Crippen LogP contribution in [0.25, 0.3) is 22.2 Å². The highest BCUT2D eigenvalue weighted by molar-refractivity contribution is 6.03. The molecule has 1 atom stereocenters. The average Bonchev–Trinajstić information content (AvgIpc) is 3.87. The van der Waals surface area contributed by atoms with Crippen molar-refractivity contribution in [1.82, 2.24) is 19.7 Å². The molecular formula is C47H49N5O4. The number of hydrogen-bond acceptors (Lipinski definition) is 7. The highest BCUT2D eigenvalue weighted by Gasteiger charge is 2.51. The van der Waals surface area contributed by atoms with Crippen LogP contribution in [-0.2, 0) is 19.9 Å². The lowest BCUT2D eigenvalue weighted by Crippen LogP contribution is -2.39. The Kier molecular flexibility index (Phi) is 9.74. The number of esters is 1. The molecule has 2 aliphatic heterocycles. The Morgan fingerprint density at radius 3 is 1.96 bits per heavy atom. The molecule has 4 heterocycles. The van der Waals surface area contributed by atoms with E-state index in [0.29, 0.717) is 31.9 Å². The summed E-state index contributed by atoms with van der Waals surface area (Å²) >= 11 is 0. The fraction of sp³-hybridized carbons (Fsp3) is 0.319. The van der Waals surface area contributed by atoms with Crippen molar-refractivity contribution in [3.63, 3.8) is 0 Å². The molecule has 2 saturated heterocycles. The van der Waals surface area contributed by atoms with Gasteiger partial charge in [0.05, 0.1) is 23.6 Å². The van der Waals surface area contributed by atoms with Crippen LogP contribution in [-0.4, -0.2) is 69.4 Å². The van der Waals surface area contributed by atoms with Crippen LogP contribution in [0, 0.1) is 5.41 Å². The number of likely N-dealkylation sites (tertiary alicyclic amines) is 1. The lowest BCUT2D eigenvalue weighted by Gasteiger charge is -2.37. The van der Waals surface area contributed by atoms with Crippen molar-refractivity contribution in [3.05, 3.63) is 144 Å². The Hall–Kier alpha value is -5.80. The summed E-state index contributed by atoms with van der Waals surface area (Å²) in [6.07, 6.45) is 3.24. The zero-order valence-corrected chi connectivity index (χ0v) is 32.8. The fourth-order valence-corrected chi connectivity index (χ4v) is 8.57. The van der Waals surface area contributed by atoms with E-state index in [1.807, 2.05) is 76.0 Å². The summed E-state index contributed by atoms with van der Waals surface area (Å²) in [4.78, 5) is 35.8. The minimum atomic E-state index is -0.856. The standard InChI is InChI=1S/C47H49N5O4/c1-33(2)55-41-24-21-34(30-48-41)43-39-29-38(51-28-26-46(44(51)54)25-27-50(32-46)31-42(53)56-45(3,4)5)22-23-40(39)52(49-43)47(35-15-9-6-10-16-35,36-17-11-7-12-18-36)37-19-13-8-14-20-37/h6-24,29-30,33H,25-28,31-32H2,1-5H3. The summed E-state index contributed by atoms with van der Waals surface area (Å²) in [6, 6.07) is 41.7. The van der Waals surface area contributed by atoms with Gasteiger partial charge >= 0.3 is 5.97 Å². The van der Waals surface area contributed by atoms with Gasteiger partial charge in [-0.2, -0.15) is 5.10 Å². The van der Waals surface area contributed by atoms with Crippen molar-refractivity contribution in [1.29, 1.82) is 0 Å². The van der Waals surface area contributed by atoms with Crippen LogP contribution in [0.15, 0.2) is 128 Å². The molecule has 1 spiro atoms. The summed E-state index contributed by atoms with van der Waals surface area (Å²) in [5, 5.41) is 6.46. The van der Waals surface area contributed by atoms with E-state index in [0.717, 1.165) is 51.0 Å². The third kappa shape index (κ3) is 6.85. The molecular weight excluding hydrogens is 699 g/mol. The molecule has 0 saturated carbocycles. The number of ether oxygens (including phenoxy) is 2. The van der Waals surface area contributed by atoms with Gasteiger partial charge in [0.2, 0.25) is 11.8 Å². The van der Waals surface area contributed by atoms with Crippen molar-refractivity contribution in [2.75, 3.05) is 31.1 Å². The summed E-state index contributed by atoms with van der Waals surface area (Å²) in [6.45, 7) is 11.6. The molecule has 2 fully saturated rings. The predicted molar refractivity (Wildman–Crippen MR) is 220 cm³/mol. The highest BCUT2D eigenvalue weighted by atomic mass is 16.6. The molecule has 8 rings (SSSR count). The molecule has 6 aromatic rings. The Morgan fingerprint density at radius 1 is 0.804 bits per heavy atom. The zero-order chi connectivity index (χ0) is 39.1. The first-order chi connectivity index (χ1) is 27.0. The van der Waals surface area contributed by atoms with Gasteiger partial charge in [-0.3, -0.25) is 14.5 Å². The van der Waals surface area contributed by atoms with Crippen LogP contribution in [0.1, 0.15) is 64.2 Å². The van der Waals surface area contributed by atoms with Gasteiger partial charge in [0.1, 0.15) is 16.8 Å². The Morgan fingerprint density at radius 2 is 1.41 bits per heavy atom. The van der Waals surface area contributed by atoms with Crippen molar-refractivity contribution in [2.24, 2.45) is 5.41 Å². The van der Waals surface area contributed by atoms with E-state index in [2.05, 4.69) is 106 Å². The molecule has 4 aromatic carbocycles. The summed E-state index contributed by atoms with van der Waals surface area (Å²) in [5.41, 5.74) is 4.56. The maximum atomic E-state index is 14.5. The number of aromatic nitrogens is 3. The second-order valence-electron chi connectivity index (χ2n) is 16.4. The number of amides is 1. The lowest BCUT2D eigenvalue weighted by molar-refractivity contribution is -0.156. The normalized spacial score (nSPS) is 17.7. The molecule has 0 bridgehead atoms. The van der Waals surface area contributed by atoms with Crippen molar-refractivity contribution >= 4 is 28.5 Å². The minimum Gasteiger partial charge on any atom is -0.475 e. The summed E-state index contributed by atoms with van der Waals surface area (Å²) < 4.78 is 13.7. The van der Waals surface area contributed by atoms with Gasteiger partial charge in [-0.1, -0.05) is 91.0 Å². The number of pyridine rings is 1. The third-order valence-corrected chi connectivity index (χ3v) is 11.0. The van der Waals surface area contributed by atoms with Gasteiger partial charge in [0.15, 0.2) is 0 Å². The van der Waals surface area contributed by atoms with Crippen LogP contribution in [0.4, 0.5) is 5.69 Å². The molecule has 0 radical (unpaired) electrons. The van der Waals surface area contributed by atoms with E-state index >= 15 is 0 Å². The second-order valence-corrected chi connectivity index (χ2v) is 16.4. The number of rotatable bonds is 10. The number of fused-ring (bicyclic) bond motifs is 1. The quantitative estimate of drug-likeness (QED) is 0.103. The van der Waals surface area contributed by atoms with E-state index in [1.54, 1.807) is 0 Å². The Balaban J connectivity index is 1.26. The molecule has 9 heteroatoms. The first kappa shape index (κ1) is 37.1. The number of nitrogens with zero attached hydrogens (tertiary/aromatic N) is 5. The molecule has 1 unspecified atom stereocenters. The summed E-state index contributed by atoms with van der Waals surface area (Å²) in [5.74, 6) is 0.384. The minimum absolute atomic E-state index is 0.00951. The predicted octanol–water partition coefficient (Wildman–Crippen LogP) is 8.50. The van der Waals surface area contributed by atoms with Gasteiger partial charge in [-0.05, 0) is 95.0 Å². The van der Waals surface area contributed by atoms with Crippen LogP contribution >= 0.6 is 0 Å². The summed E-state index contributed by atoms with van der Waals surface area (Å²) in [7, 11) is 0. The molecule has 9 nitrogen and oxygen atoms in total. The van der Waals surface area contributed by atoms with E-state index in [-0.39, 0.29) is 24.5 Å². The van der Waals surface area contributed by atoms with E-state index in [4.69, 9.17) is 14.6 Å². The molecule has 56 heavy (non-hydrogen) atoms. The number of carbonyl (C=O) groups is 2. The largest absolute Gasteiger partial charge is 0.475 e. The van der Waals surface area contributed by atoms with E-state index < -0.39 is 16.6 Å². The molecule has 1 amide bonds. The average molecular weight is 748 g/mol. The van der Waals surface area contributed by atoms with Crippen LogP contribution in [0.5, 0.6) is 5.88 Å². The van der Waals surface area contributed by atoms with Crippen molar-refractivity contribution in [3.8, 4) is 17.1 Å². The number of anilines is 1. The van der Waals surface area contributed by atoms with Crippen LogP contribution < -0.4 is 9.64 Å². The Bertz CT molecular complexity index is 2240. The second kappa shape index (κ2) is 14.7. The lowest BCUT2D eigenvalue weighted by atomic mass is 9.77. The first-order valence-corrected chi connectivity index (χ1v) is 19.6. The van der Waals surface area contributed by atoms with Crippen LogP contribution in [0.2, 0.25) is 0 Å². The number of carbonyl (C=O) groups excluding carboxylic acids is 2. The van der Waals surface area contributed by atoms with Crippen molar-refractivity contribution in [2.45, 2.75) is 64.7 Å². The third-order valence-electron chi connectivity index (χ3n) is 11.0. The van der Waals surface area contributed by atoms with Gasteiger partial charge in [-0.15, -0.1) is 0 Å². The molecule has 2 aliphatic rings. The van der Waals surface area contributed by atoms with Gasteiger partial charge in [-0.25, -0.2) is 9.67 Å². The topological polar surface area (TPSA) is 89.8 Å². The van der Waals surface area contributed by atoms with Gasteiger partial charge in [0.25, 0.3) is 0 Å². The smallest absolute Gasteiger partial charge is 0.320 e. The molecule has 0 N–H and O–H groups in total. The fourth-order valence-electron chi connectivity index (χ4n) is 8.57. The monoisotopic (exact) mass is 747 g/mol. The van der Waals surface area contributed by atoms with E-state index in [9.17, 15) is 9.59 Å². The molecule has 2 aromatic heterocycles. The zero-order valence-electron chi connectivity index (χ0n) is 32.8. The highest BCUT2D eigenvalue weighted by Crippen LogP contribution is 2.46. The SMILES string of the molecule is CC(C)Oc1ccc(-c2nn(C(c3ccccc3)(c3ccccc3)c3ccccc3)c3ccc(N4CCC5(CCN(CC(=O)OC(C)(C)C)C5)C4=O)cc23)cn1.